The zero-order chi connectivity index (χ0) is 10.3. The van der Waals surface area contributed by atoms with Gasteiger partial charge < -0.3 is 5.21 Å². The van der Waals surface area contributed by atoms with Crippen molar-refractivity contribution < 1.29 is 14.5 Å². The zero-order valence-corrected chi connectivity index (χ0v) is 7.13. The van der Waals surface area contributed by atoms with Gasteiger partial charge in [-0.3, -0.25) is 14.7 Å². The van der Waals surface area contributed by atoms with Gasteiger partial charge in [0, 0.05) is 10.7 Å². The van der Waals surface area contributed by atoms with Crippen molar-refractivity contribution in [1.82, 2.24) is 5.16 Å². The first-order chi connectivity index (χ1) is 6.61. The van der Waals surface area contributed by atoms with Crippen LogP contribution in [0.2, 0.25) is 0 Å². The average molecular weight is 195 g/mol. The van der Waals surface area contributed by atoms with Crippen LogP contribution in [-0.2, 0) is 0 Å². The third-order valence-electron chi connectivity index (χ3n) is 1.91. The summed E-state index contributed by atoms with van der Waals surface area (Å²) in [7, 11) is 0. The number of aryl methyl sites for hydroxylation is 1. The summed E-state index contributed by atoms with van der Waals surface area (Å²) in [5.41, 5.74) is 0.168. The highest BCUT2D eigenvalue weighted by atomic mass is 16.8. The summed E-state index contributed by atoms with van der Waals surface area (Å²) >= 11 is 0. The highest BCUT2D eigenvalue weighted by Gasteiger charge is 2.25. The van der Waals surface area contributed by atoms with E-state index in [4.69, 9.17) is 0 Å². The molecule has 0 atom stereocenters. The van der Waals surface area contributed by atoms with Gasteiger partial charge in [0.1, 0.15) is 0 Å². The molecule has 7 heteroatoms. The van der Waals surface area contributed by atoms with Crippen LogP contribution in [0.1, 0.15) is 5.56 Å². The first-order valence-electron chi connectivity index (χ1n) is 3.74. The van der Waals surface area contributed by atoms with E-state index in [0.717, 1.165) is 0 Å². The van der Waals surface area contributed by atoms with Gasteiger partial charge in [0.2, 0.25) is 0 Å². The molecule has 0 aliphatic heterocycles. The monoisotopic (exact) mass is 195 g/mol. The quantitative estimate of drug-likeness (QED) is 0.378. The maximum atomic E-state index is 11.0. The number of nitro benzene ring substituents is 1. The number of benzene rings is 1. The molecular weight excluding hydrogens is 190 g/mol. The Morgan fingerprint density at radius 3 is 2.93 bits per heavy atom. The largest absolute Gasteiger partial charge is 0.359 e. The molecular formula is C7H5N3O4. The Morgan fingerprint density at radius 2 is 2.29 bits per heavy atom. The molecule has 1 aromatic heterocycles. The Morgan fingerprint density at radius 1 is 1.57 bits per heavy atom. The molecule has 0 aliphatic carbocycles. The van der Waals surface area contributed by atoms with E-state index in [9.17, 15) is 15.3 Å². The highest BCUT2D eigenvalue weighted by Crippen LogP contribution is 2.25. The topological polar surface area (TPSA) is 96.1 Å². The lowest BCUT2D eigenvalue weighted by Crippen LogP contribution is -2.23. The van der Waals surface area contributed by atoms with Crippen LogP contribution in [0, 0.1) is 22.2 Å². The third kappa shape index (κ3) is 0.987. The Hall–Kier alpha value is -2.18. The molecule has 0 amide bonds. The minimum absolute atomic E-state index is 0.0421. The number of hydrogen-bond donors (Lipinski definition) is 0. The predicted octanol–water partition coefficient (Wildman–Crippen LogP) is 0.678. The molecule has 72 valence electrons. The fraction of sp³-hybridized carbons (Fsp3) is 0.143. The summed E-state index contributed by atoms with van der Waals surface area (Å²) in [5, 5.41) is 25.1. The van der Waals surface area contributed by atoms with Crippen LogP contribution in [0.25, 0.3) is 11.0 Å². The van der Waals surface area contributed by atoms with Gasteiger partial charge in [-0.15, -0.1) is 0 Å². The molecule has 0 radical (unpaired) electrons. The molecule has 7 nitrogen and oxygen atoms in total. The molecule has 0 N–H and O–H groups in total. The van der Waals surface area contributed by atoms with Crippen LogP contribution >= 0.6 is 0 Å². The summed E-state index contributed by atoms with van der Waals surface area (Å²) in [4.78, 5) is 10.1. The third-order valence-corrected chi connectivity index (χ3v) is 1.91. The molecule has 0 fully saturated rings. The maximum Gasteiger partial charge on any atom is 0.327 e. The van der Waals surface area contributed by atoms with Crippen LogP contribution in [0.4, 0.5) is 5.69 Å². The van der Waals surface area contributed by atoms with E-state index in [1.54, 1.807) is 6.92 Å². The van der Waals surface area contributed by atoms with Crippen LogP contribution in [0.15, 0.2) is 16.8 Å². The number of nitro groups is 1. The number of fused-ring (bicyclic) bond motifs is 1. The van der Waals surface area contributed by atoms with Crippen LogP contribution in [0.5, 0.6) is 0 Å². The van der Waals surface area contributed by atoms with Gasteiger partial charge in [-0.25, -0.2) is 0 Å². The molecule has 0 unspecified atom stereocenters. The van der Waals surface area contributed by atoms with E-state index < -0.39 is 4.92 Å². The summed E-state index contributed by atoms with van der Waals surface area (Å²) in [6.07, 6.45) is 0. The molecule has 0 aliphatic rings. The van der Waals surface area contributed by atoms with Crippen molar-refractivity contribution >= 4 is 16.7 Å². The molecule has 2 aromatic rings. The van der Waals surface area contributed by atoms with E-state index in [0.29, 0.717) is 5.56 Å². The van der Waals surface area contributed by atoms with Gasteiger partial charge in [0.15, 0.2) is 0 Å². The maximum absolute atomic E-state index is 11.0. The van der Waals surface area contributed by atoms with Gasteiger partial charge in [-0.2, -0.15) is 0 Å². The van der Waals surface area contributed by atoms with E-state index in [1.807, 2.05) is 0 Å². The van der Waals surface area contributed by atoms with Crippen molar-refractivity contribution in [2.75, 3.05) is 0 Å². The van der Waals surface area contributed by atoms with E-state index >= 15 is 0 Å². The minimum Gasteiger partial charge on any atom is -0.359 e. The lowest BCUT2D eigenvalue weighted by Gasteiger charge is -1.94. The van der Waals surface area contributed by atoms with Crippen molar-refractivity contribution in [3.05, 3.63) is 33.0 Å². The summed E-state index contributed by atoms with van der Waals surface area (Å²) in [6, 6.07) is 3.01. The van der Waals surface area contributed by atoms with Crippen molar-refractivity contribution in [2.24, 2.45) is 0 Å². The summed E-state index contributed by atoms with van der Waals surface area (Å²) in [6.45, 7) is 1.55. The lowest BCUT2D eigenvalue weighted by atomic mass is 10.2. The number of hydrogen-bond acceptors (Lipinski definition) is 5. The van der Waals surface area contributed by atoms with Gasteiger partial charge in [0.25, 0.3) is 5.52 Å². The fourth-order valence-electron chi connectivity index (χ4n) is 1.28. The second-order valence-corrected chi connectivity index (χ2v) is 2.79. The van der Waals surface area contributed by atoms with E-state index in [-0.39, 0.29) is 21.6 Å². The van der Waals surface area contributed by atoms with Crippen LogP contribution < -0.4 is 4.90 Å². The predicted molar refractivity (Wildman–Crippen MR) is 44.4 cm³/mol. The van der Waals surface area contributed by atoms with Crippen LogP contribution in [0.3, 0.4) is 0 Å². The first-order valence-corrected chi connectivity index (χ1v) is 3.74. The Kier molecular flexibility index (Phi) is 1.60. The Balaban J connectivity index is 2.94. The Labute approximate surface area is 77.2 Å². The van der Waals surface area contributed by atoms with Crippen molar-refractivity contribution in [3.8, 4) is 0 Å². The standard InChI is InChI=1S/C7H5N3O4/c1-4-2-3-5-7(6(4)9(11)12)10(13)14-8-5/h2-3H,1H3. The SMILES string of the molecule is Cc1ccc2no[n+]([O-])c2c1[N+](=O)[O-]. The molecule has 0 bridgehead atoms. The number of aromatic nitrogens is 2. The molecule has 0 saturated carbocycles. The van der Waals surface area contributed by atoms with Gasteiger partial charge in [0.05, 0.1) is 4.92 Å². The van der Waals surface area contributed by atoms with Gasteiger partial charge >= 0.3 is 11.2 Å². The van der Waals surface area contributed by atoms with Crippen molar-refractivity contribution in [2.45, 2.75) is 6.92 Å². The second-order valence-electron chi connectivity index (χ2n) is 2.79. The molecule has 1 heterocycles. The average Bonchev–Trinajstić information content (AvgIpc) is 2.47. The highest BCUT2D eigenvalue weighted by molar-refractivity contribution is 5.82. The first kappa shape index (κ1) is 8.42. The van der Waals surface area contributed by atoms with Gasteiger partial charge in [-0.05, 0) is 24.0 Å². The molecule has 0 spiro atoms. The lowest BCUT2D eigenvalue weighted by molar-refractivity contribution is -0.783. The van der Waals surface area contributed by atoms with Crippen molar-refractivity contribution in [3.63, 3.8) is 0 Å². The van der Waals surface area contributed by atoms with E-state index in [2.05, 4.69) is 9.79 Å². The molecule has 14 heavy (non-hydrogen) atoms. The van der Waals surface area contributed by atoms with Crippen LogP contribution in [-0.4, -0.2) is 10.1 Å². The molecule has 2 rings (SSSR count). The smallest absolute Gasteiger partial charge is 0.327 e. The second kappa shape index (κ2) is 2.66. The normalized spacial score (nSPS) is 10.6. The fourth-order valence-corrected chi connectivity index (χ4v) is 1.28. The summed E-state index contributed by atoms with van der Waals surface area (Å²) in [5.74, 6) is 0. The molecule has 1 aromatic carbocycles. The zero-order valence-electron chi connectivity index (χ0n) is 7.13. The number of nitrogens with zero attached hydrogens (tertiary/aromatic N) is 3. The minimum atomic E-state index is -0.622. The van der Waals surface area contributed by atoms with Gasteiger partial charge in [-0.1, -0.05) is 0 Å². The number of rotatable bonds is 1. The Bertz CT molecular complexity index is 519. The van der Waals surface area contributed by atoms with Crippen molar-refractivity contribution in [1.29, 1.82) is 0 Å². The summed E-state index contributed by atoms with van der Waals surface area (Å²) < 4.78 is 4.27. The molecule has 0 saturated heterocycles. The van der Waals surface area contributed by atoms with E-state index in [1.165, 1.54) is 12.1 Å².